The first kappa shape index (κ1) is 16.5. The number of fused-ring (bicyclic) bond motifs is 2. The second-order valence-electron chi connectivity index (χ2n) is 5.45. The van der Waals surface area contributed by atoms with Gasteiger partial charge in [-0.05, 0) is 41.2 Å². The maximum absolute atomic E-state index is 6.01. The van der Waals surface area contributed by atoms with Gasteiger partial charge in [0, 0.05) is 28.7 Å². The SMILES string of the molecule is CNCCn1c(Sc2cc3c(cc2Br)OCO3)nc2c(N)nccc21. The number of nitrogens with two attached hydrogens (primary N) is 1. The minimum atomic E-state index is 0.249. The minimum absolute atomic E-state index is 0.249. The van der Waals surface area contributed by atoms with Crippen molar-refractivity contribution < 1.29 is 9.47 Å². The summed E-state index contributed by atoms with van der Waals surface area (Å²) in [7, 11) is 1.93. The molecule has 0 atom stereocenters. The third-order valence-electron chi connectivity index (χ3n) is 3.87. The zero-order valence-corrected chi connectivity index (χ0v) is 15.9. The molecule has 2 aromatic heterocycles. The highest BCUT2D eigenvalue weighted by Gasteiger charge is 2.20. The zero-order chi connectivity index (χ0) is 17.4. The molecule has 3 aromatic rings. The van der Waals surface area contributed by atoms with E-state index in [9.17, 15) is 0 Å². The number of ether oxygens (including phenoxy) is 2. The van der Waals surface area contributed by atoms with Crippen molar-refractivity contribution in [3.8, 4) is 11.5 Å². The Kier molecular flexibility index (Phi) is 4.45. The van der Waals surface area contributed by atoms with Crippen molar-refractivity contribution in [2.45, 2.75) is 16.6 Å². The fourth-order valence-electron chi connectivity index (χ4n) is 2.64. The maximum Gasteiger partial charge on any atom is 0.231 e. The fraction of sp³-hybridized carbons (Fsp3) is 0.250. The molecule has 0 aliphatic carbocycles. The first-order valence-electron chi connectivity index (χ1n) is 7.69. The molecule has 0 saturated heterocycles. The first-order valence-corrected chi connectivity index (χ1v) is 9.30. The molecular formula is C16H16BrN5O2S. The smallest absolute Gasteiger partial charge is 0.231 e. The fourth-order valence-corrected chi connectivity index (χ4v) is 4.16. The molecule has 4 rings (SSSR count). The third-order valence-corrected chi connectivity index (χ3v) is 5.84. The molecule has 0 bridgehead atoms. The Bertz CT molecular complexity index is 946. The van der Waals surface area contributed by atoms with Gasteiger partial charge < -0.3 is 25.1 Å². The van der Waals surface area contributed by atoms with Gasteiger partial charge in [-0.2, -0.15) is 0 Å². The van der Waals surface area contributed by atoms with Crippen molar-refractivity contribution in [3.05, 3.63) is 28.9 Å². The Hall–Kier alpha value is -1.97. The lowest BCUT2D eigenvalue weighted by atomic mass is 10.3. The number of imidazole rings is 1. The lowest BCUT2D eigenvalue weighted by Gasteiger charge is -2.10. The topological polar surface area (TPSA) is 87.2 Å². The van der Waals surface area contributed by atoms with E-state index in [0.29, 0.717) is 5.82 Å². The summed E-state index contributed by atoms with van der Waals surface area (Å²) in [6, 6.07) is 5.81. The third kappa shape index (κ3) is 3.03. The number of pyridine rings is 1. The van der Waals surface area contributed by atoms with Crippen LogP contribution in [0.4, 0.5) is 5.82 Å². The Morgan fingerprint density at radius 3 is 2.96 bits per heavy atom. The van der Waals surface area contributed by atoms with E-state index in [1.807, 2.05) is 25.2 Å². The number of nitrogens with zero attached hydrogens (tertiary/aromatic N) is 3. The summed E-state index contributed by atoms with van der Waals surface area (Å²) in [6.07, 6.45) is 1.71. The predicted molar refractivity (Wildman–Crippen MR) is 100 cm³/mol. The summed E-state index contributed by atoms with van der Waals surface area (Å²) < 4.78 is 14.0. The largest absolute Gasteiger partial charge is 0.454 e. The van der Waals surface area contributed by atoms with Crippen LogP contribution >= 0.6 is 27.7 Å². The molecule has 130 valence electrons. The maximum atomic E-state index is 6.01. The summed E-state index contributed by atoms with van der Waals surface area (Å²) in [5, 5.41) is 4.02. The number of benzene rings is 1. The molecule has 0 saturated carbocycles. The van der Waals surface area contributed by atoms with Crippen LogP contribution in [-0.2, 0) is 6.54 Å². The van der Waals surface area contributed by atoms with Crippen LogP contribution in [0.1, 0.15) is 0 Å². The van der Waals surface area contributed by atoms with Crippen LogP contribution in [0.25, 0.3) is 11.0 Å². The molecule has 1 aromatic carbocycles. The highest BCUT2D eigenvalue weighted by Crippen LogP contribution is 2.43. The van der Waals surface area contributed by atoms with E-state index in [1.54, 1.807) is 18.0 Å². The summed E-state index contributed by atoms with van der Waals surface area (Å²) >= 11 is 5.15. The number of likely N-dealkylation sites (N-methyl/N-ethyl adjacent to an activating group) is 1. The Morgan fingerprint density at radius 2 is 2.16 bits per heavy atom. The van der Waals surface area contributed by atoms with Crippen molar-refractivity contribution >= 4 is 44.5 Å². The molecule has 7 nitrogen and oxygen atoms in total. The van der Waals surface area contributed by atoms with Gasteiger partial charge >= 0.3 is 0 Å². The molecule has 0 unspecified atom stereocenters. The predicted octanol–water partition coefficient (Wildman–Crippen LogP) is 2.88. The molecule has 3 heterocycles. The zero-order valence-electron chi connectivity index (χ0n) is 13.5. The molecular weight excluding hydrogens is 406 g/mol. The number of hydrogen-bond donors (Lipinski definition) is 2. The normalized spacial score (nSPS) is 12.9. The highest BCUT2D eigenvalue weighted by molar-refractivity contribution is 9.10. The Balaban J connectivity index is 1.77. The average molecular weight is 422 g/mol. The van der Waals surface area contributed by atoms with Crippen LogP contribution in [0.2, 0.25) is 0 Å². The van der Waals surface area contributed by atoms with Crippen molar-refractivity contribution in [1.29, 1.82) is 0 Å². The van der Waals surface area contributed by atoms with Crippen molar-refractivity contribution in [3.63, 3.8) is 0 Å². The van der Waals surface area contributed by atoms with E-state index in [4.69, 9.17) is 20.2 Å². The number of anilines is 1. The van der Waals surface area contributed by atoms with Gasteiger partial charge in [-0.15, -0.1) is 0 Å². The van der Waals surface area contributed by atoms with E-state index in [1.165, 1.54) is 0 Å². The highest BCUT2D eigenvalue weighted by atomic mass is 79.9. The van der Waals surface area contributed by atoms with E-state index in [2.05, 4.69) is 30.8 Å². The monoisotopic (exact) mass is 421 g/mol. The number of aromatic nitrogens is 3. The summed E-state index contributed by atoms with van der Waals surface area (Å²) in [5.74, 6) is 1.92. The molecule has 25 heavy (non-hydrogen) atoms. The van der Waals surface area contributed by atoms with Gasteiger partial charge in [0.15, 0.2) is 22.5 Å². The molecule has 1 aliphatic heterocycles. The molecule has 0 fully saturated rings. The van der Waals surface area contributed by atoms with E-state index in [-0.39, 0.29) is 6.79 Å². The molecule has 9 heteroatoms. The van der Waals surface area contributed by atoms with Gasteiger partial charge in [0.25, 0.3) is 0 Å². The van der Waals surface area contributed by atoms with E-state index in [0.717, 1.165) is 50.1 Å². The van der Waals surface area contributed by atoms with Crippen molar-refractivity contribution in [1.82, 2.24) is 19.9 Å². The number of nitrogen functional groups attached to an aromatic ring is 1. The number of hydrogen-bond acceptors (Lipinski definition) is 7. The lowest BCUT2D eigenvalue weighted by molar-refractivity contribution is 0.174. The molecule has 0 amide bonds. The van der Waals surface area contributed by atoms with Gasteiger partial charge in [0.05, 0.1) is 5.52 Å². The van der Waals surface area contributed by atoms with Crippen LogP contribution in [-0.4, -0.2) is 34.9 Å². The quantitative estimate of drug-likeness (QED) is 0.654. The van der Waals surface area contributed by atoms with Crippen LogP contribution in [0.15, 0.2) is 38.9 Å². The van der Waals surface area contributed by atoms with Gasteiger partial charge in [-0.25, -0.2) is 9.97 Å². The number of rotatable bonds is 5. The molecule has 1 aliphatic rings. The van der Waals surface area contributed by atoms with Gasteiger partial charge in [-0.1, -0.05) is 11.8 Å². The number of halogens is 1. The van der Waals surface area contributed by atoms with Crippen LogP contribution in [0.3, 0.4) is 0 Å². The minimum Gasteiger partial charge on any atom is -0.454 e. The Labute approximate surface area is 157 Å². The first-order chi connectivity index (χ1) is 12.2. The number of nitrogens with one attached hydrogen (secondary N) is 1. The van der Waals surface area contributed by atoms with Crippen molar-refractivity contribution in [2.75, 3.05) is 26.1 Å². The summed E-state index contributed by atoms with van der Waals surface area (Å²) in [5.41, 5.74) is 7.70. The van der Waals surface area contributed by atoms with E-state index >= 15 is 0 Å². The standard InChI is InChI=1S/C16H16BrN5O2S/c1-19-4-5-22-10-2-3-20-15(18)14(10)21-16(22)25-13-7-12-11(6-9(13)17)23-8-24-12/h2-3,6-7,19H,4-5,8H2,1H3,(H2,18,20). The van der Waals surface area contributed by atoms with Gasteiger partial charge in [-0.3, -0.25) is 0 Å². The molecule has 3 N–H and O–H groups in total. The van der Waals surface area contributed by atoms with Crippen LogP contribution in [0.5, 0.6) is 11.5 Å². The summed E-state index contributed by atoms with van der Waals surface area (Å²) in [4.78, 5) is 9.85. The summed E-state index contributed by atoms with van der Waals surface area (Å²) in [6.45, 7) is 1.85. The van der Waals surface area contributed by atoms with Crippen molar-refractivity contribution in [2.24, 2.45) is 0 Å². The van der Waals surface area contributed by atoms with Gasteiger partial charge in [0.2, 0.25) is 6.79 Å². The van der Waals surface area contributed by atoms with E-state index < -0.39 is 0 Å². The second-order valence-corrected chi connectivity index (χ2v) is 7.31. The molecule has 0 spiro atoms. The Morgan fingerprint density at radius 1 is 1.36 bits per heavy atom. The molecule has 0 radical (unpaired) electrons. The lowest BCUT2D eigenvalue weighted by Crippen LogP contribution is -2.15. The van der Waals surface area contributed by atoms with Crippen LogP contribution < -0.4 is 20.5 Å². The van der Waals surface area contributed by atoms with Gasteiger partial charge in [0.1, 0.15) is 5.52 Å². The second kappa shape index (κ2) is 6.74. The average Bonchev–Trinajstić information content (AvgIpc) is 3.18. The van der Waals surface area contributed by atoms with Crippen LogP contribution in [0, 0.1) is 0 Å².